The van der Waals surface area contributed by atoms with Crippen molar-refractivity contribution < 1.29 is 0 Å². The Hall–Kier alpha value is 1.14. The molecule has 0 unspecified atom stereocenters. The van der Waals surface area contributed by atoms with Crippen molar-refractivity contribution in [2.45, 2.75) is 59.5 Å². The second-order valence-electron chi connectivity index (χ2n) is 7.57. The van der Waals surface area contributed by atoms with Gasteiger partial charge in [-0.1, -0.05) is 0 Å². The van der Waals surface area contributed by atoms with E-state index in [1.54, 1.807) is 21.3 Å². The summed E-state index contributed by atoms with van der Waals surface area (Å²) in [4.78, 5) is 0. The van der Waals surface area contributed by atoms with E-state index in [0.717, 1.165) is 44.7 Å². The van der Waals surface area contributed by atoms with Gasteiger partial charge < -0.3 is 0 Å². The molecule has 108 valence electrons. The lowest BCUT2D eigenvalue weighted by atomic mass is 10.00. The van der Waals surface area contributed by atoms with Crippen molar-refractivity contribution in [3.63, 3.8) is 0 Å². The average molecular weight is 341 g/mol. The Kier molecular flexibility index (Phi) is 2.74. The molecule has 4 saturated carbocycles. The van der Waals surface area contributed by atoms with Crippen LogP contribution in [0.3, 0.4) is 0 Å². The Bertz CT molecular complexity index is 417. The fraction of sp³-hybridized carbons (Fsp3) is 0.875. The van der Waals surface area contributed by atoms with E-state index in [9.17, 15) is 0 Å². The van der Waals surface area contributed by atoms with Crippen molar-refractivity contribution in [1.29, 1.82) is 0 Å². The van der Waals surface area contributed by atoms with E-state index in [0.29, 0.717) is 0 Å². The van der Waals surface area contributed by atoms with Gasteiger partial charge in [-0.25, -0.2) is 0 Å². The molecule has 0 radical (unpaired) electrons. The molecule has 20 heavy (non-hydrogen) atoms. The van der Waals surface area contributed by atoms with E-state index < -0.39 is 0 Å². The minimum absolute atomic E-state index is 1.000. The molecule has 0 N–H and O–H groups in total. The van der Waals surface area contributed by atoms with E-state index in [2.05, 4.69) is 47.0 Å². The minimum atomic E-state index is 1.000. The van der Waals surface area contributed by atoms with Crippen LogP contribution in [0.4, 0.5) is 0 Å². The zero-order valence-corrected chi connectivity index (χ0v) is 14.8. The summed E-state index contributed by atoms with van der Waals surface area (Å²) < 4.78 is 3.53. The van der Waals surface area contributed by atoms with Gasteiger partial charge in [0.05, 0.1) is 8.47 Å². The number of fused-ring (bicyclic) bond motifs is 10. The first-order valence-corrected chi connectivity index (χ1v) is 11.8. The molecule has 2 saturated heterocycles. The first-order valence-electron chi connectivity index (χ1n) is 8.28. The molecule has 6 fully saturated rings. The monoisotopic (exact) mass is 340 g/mol. The second-order valence-corrected chi connectivity index (χ2v) is 12.8. The summed E-state index contributed by atoms with van der Waals surface area (Å²) in [5.74, 6) is 4.31. The zero-order valence-electron chi connectivity index (χ0n) is 11.5. The summed E-state index contributed by atoms with van der Waals surface area (Å²) in [5.41, 5.74) is 0. The van der Waals surface area contributed by atoms with Gasteiger partial charge in [-0.3, -0.25) is 0 Å². The molecule has 4 aliphatic carbocycles. The van der Waals surface area contributed by atoms with Crippen LogP contribution in [-0.2, 0) is 0 Å². The molecule has 0 aromatic carbocycles. The molecule has 0 spiro atoms. The summed E-state index contributed by atoms with van der Waals surface area (Å²) in [7, 11) is 0. The summed E-state index contributed by atoms with van der Waals surface area (Å²) >= 11 is 9.22. The third-order valence-corrected chi connectivity index (χ3v) is 14.2. The van der Waals surface area contributed by atoms with Gasteiger partial charge >= 0.3 is 0 Å². The summed E-state index contributed by atoms with van der Waals surface area (Å²) in [5, 5.41) is 4.00. The first kappa shape index (κ1) is 12.5. The fourth-order valence-electron chi connectivity index (χ4n) is 5.77. The maximum absolute atomic E-state index is 2.30. The number of rotatable bonds is 0. The SMILES string of the molecule is C1C[C@H]2C[C@H]1[C@H]1SC(=C3S[C@@H]4[C@H]5CC[C@@H](C5)[C@@H]4S3)S[C@@H]21. The predicted octanol–water partition coefficient (Wildman–Crippen LogP) is 5.41. The van der Waals surface area contributed by atoms with Crippen molar-refractivity contribution in [3.8, 4) is 0 Å². The standard InChI is InChI=1S/C16H20S4/c1-2-8-5-7(1)11-12(8)18-15(17-11)16-19-13-9-3-4-10(6-9)14(13)20-16/h7-14H,1-6H2/t7-,8-,9-,10-,11-,12+,13-,14+/m0/s1. The average Bonchev–Trinajstić information content (AvgIpc) is 3.22. The third-order valence-electron chi connectivity index (χ3n) is 6.67. The largest absolute Gasteiger partial charge is 0.113 e. The molecular weight excluding hydrogens is 320 g/mol. The van der Waals surface area contributed by atoms with Crippen LogP contribution in [0, 0.1) is 23.7 Å². The van der Waals surface area contributed by atoms with Gasteiger partial charge in [-0.15, -0.1) is 47.0 Å². The van der Waals surface area contributed by atoms with E-state index in [4.69, 9.17) is 0 Å². The Morgan fingerprint density at radius 1 is 0.500 bits per heavy atom. The zero-order chi connectivity index (χ0) is 12.8. The van der Waals surface area contributed by atoms with Crippen LogP contribution < -0.4 is 0 Å². The lowest BCUT2D eigenvalue weighted by molar-refractivity contribution is 0.508. The highest BCUT2D eigenvalue weighted by Gasteiger charge is 2.56. The normalized spacial score (nSPS) is 62.4. The van der Waals surface area contributed by atoms with Crippen molar-refractivity contribution >= 4 is 47.0 Å². The lowest BCUT2D eigenvalue weighted by Gasteiger charge is -2.21. The Labute approximate surface area is 138 Å². The molecule has 4 heteroatoms. The van der Waals surface area contributed by atoms with Crippen molar-refractivity contribution in [1.82, 2.24) is 0 Å². The highest BCUT2D eigenvalue weighted by atomic mass is 32.2. The van der Waals surface area contributed by atoms with Gasteiger partial charge in [0, 0.05) is 21.0 Å². The van der Waals surface area contributed by atoms with Gasteiger partial charge in [0.25, 0.3) is 0 Å². The number of thioether (sulfide) groups is 4. The van der Waals surface area contributed by atoms with Crippen LogP contribution in [0.5, 0.6) is 0 Å². The Morgan fingerprint density at radius 3 is 1.10 bits per heavy atom. The van der Waals surface area contributed by atoms with E-state index in [1.165, 1.54) is 25.7 Å². The molecular formula is C16H20S4. The Morgan fingerprint density at radius 2 is 0.800 bits per heavy atom. The molecule has 0 amide bonds. The molecule has 0 aromatic heterocycles. The van der Waals surface area contributed by atoms with Crippen LogP contribution in [0.15, 0.2) is 8.47 Å². The van der Waals surface area contributed by atoms with E-state index in [1.807, 2.05) is 0 Å². The van der Waals surface area contributed by atoms with Crippen molar-refractivity contribution in [3.05, 3.63) is 8.47 Å². The number of hydrogen-bond acceptors (Lipinski definition) is 4. The summed E-state index contributed by atoms with van der Waals surface area (Å²) in [6.07, 6.45) is 9.28. The topological polar surface area (TPSA) is 0 Å². The Balaban J connectivity index is 1.29. The van der Waals surface area contributed by atoms with Crippen molar-refractivity contribution in [2.75, 3.05) is 0 Å². The highest BCUT2D eigenvalue weighted by Crippen LogP contribution is 2.69. The maximum atomic E-state index is 2.30. The van der Waals surface area contributed by atoms with Gasteiger partial charge in [0.2, 0.25) is 0 Å². The van der Waals surface area contributed by atoms with Crippen LogP contribution in [0.2, 0.25) is 0 Å². The smallest absolute Gasteiger partial charge is 0.0609 e. The van der Waals surface area contributed by atoms with Gasteiger partial charge in [-0.2, -0.15) is 0 Å². The molecule has 4 bridgehead atoms. The molecule has 0 nitrogen and oxygen atoms in total. The number of hydrogen-bond donors (Lipinski definition) is 0. The van der Waals surface area contributed by atoms with Gasteiger partial charge in [-0.05, 0) is 62.2 Å². The lowest BCUT2D eigenvalue weighted by Crippen LogP contribution is -2.22. The van der Waals surface area contributed by atoms with Gasteiger partial charge in [0.15, 0.2) is 0 Å². The second kappa shape index (κ2) is 4.36. The molecule has 6 aliphatic rings. The molecule has 8 atom stereocenters. The quantitative estimate of drug-likeness (QED) is 0.578. The molecule has 2 heterocycles. The molecule has 2 aliphatic heterocycles. The summed E-state index contributed by atoms with van der Waals surface area (Å²) in [6, 6.07) is 0. The van der Waals surface area contributed by atoms with Crippen molar-refractivity contribution in [2.24, 2.45) is 23.7 Å². The third kappa shape index (κ3) is 1.58. The van der Waals surface area contributed by atoms with Gasteiger partial charge in [0.1, 0.15) is 0 Å². The maximum Gasteiger partial charge on any atom is 0.0609 e. The molecule has 6 rings (SSSR count). The van der Waals surface area contributed by atoms with E-state index >= 15 is 0 Å². The van der Waals surface area contributed by atoms with Crippen LogP contribution >= 0.6 is 47.0 Å². The summed E-state index contributed by atoms with van der Waals surface area (Å²) in [6.45, 7) is 0. The molecule has 0 aromatic rings. The first-order chi connectivity index (χ1) is 9.87. The minimum Gasteiger partial charge on any atom is -0.113 e. The fourth-order valence-corrected chi connectivity index (χ4v) is 13.9. The van der Waals surface area contributed by atoms with Crippen LogP contribution in [0.1, 0.15) is 38.5 Å². The highest BCUT2D eigenvalue weighted by molar-refractivity contribution is 8.31. The van der Waals surface area contributed by atoms with E-state index in [-0.39, 0.29) is 0 Å². The van der Waals surface area contributed by atoms with Crippen LogP contribution in [0.25, 0.3) is 0 Å². The predicted molar refractivity (Wildman–Crippen MR) is 94.2 cm³/mol. The van der Waals surface area contributed by atoms with Crippen LogP contribution in [-0.4, -0.2) is 21.0 Å².